The summed E-state index contributed by atoms with van der Waals surface area (Å²) in [6.45, 7) is 2.76. The van der Waals surface area contributed by atoms with E-state index in [1.807, 2.05) is 31.0 Å². The second-order valence-corrected chi connectivity index (χ2v) is 4.57. The molecule has 0 aliphatic rings. The number of pyridine rings is 1. The first-order chi connectivity index (χ1) is 6.11. The first-order valence-corrected chi connectivity index (χ1v) is 5.30. The van der Waals surface area contributed by atoms with E-state index in [1.54, 1.807) is 6.20 Å². The first-order valence-electron chi connectivity index (χ1n) is 4.07. The summed E-state index contributed by atoms with van der Waals surface area (Å²) in [4.78, 5) is 6.28. The molecule has 0 saturated heterocycles. The number of hydrogen-bond acceptors (Lipinski definition) is 2. The maximum absolute atomic E-state index is 5.89. The fraction of sp³-hybridized carbons (Fsp3) is 0.444. The molecule has 1 atom stereocenters. The van der Waals surface area contributed by atoms with Crippen molar-refractivity contribution in [1.29, 1.82) is 0 Å². The van der Waals surface area contributed by atoms with E-state index in [4.69, 9.17) is 11.6 Å². The molecule has 0 saturated carbocycles. The van der Waals surface area contributed by atoms with Crippen LogP contribution in [0.4, 0.5) is 5.82 Å². The minimum atomic E-state index is 0.124. The van der Waals surface area contributed by atoms with Crippen LogP contribution in [0.1, 0.15) is 6.92 Å². The van der Waals surface area contributed by atoms with E-state index in [-0.39, 0.29) is 5.38 Å². The Morgan fingerprint density at radius 1 is 1.69 bits per heavy atom. The standard InChI is InChI=1S/C9H12BrClN2/c1-7(11)6-13(2)9-8(10)4-3-5-12-9/h3-5,7H,6H2,1-2H3. The lowest BCUT2D eigenvalue weighted by Crippen LogP contribution is -2.25. The van der Waals surface area contributed by atoms with E-state index in [0.29, 0.717) is 0 Å². The lowest BCUT2D eigenvalue weighted by atomic mass is 10.4. The third-order valence-corrected chi connectivity index (χ3v) is 2.38. The largest absolute Gasteiger partial charge is 0.357 e. The maximum atomic E-state index is 5.89. The fourth-order valence-electron chi connectivity index (χ4n) is 1.12. The molecule has 1 rings (SSSR count). The topological polar surface area (TPSA) is 16.1 Å². The smallest absolute Gasteiger partial charge is 0.142 e. The zero-order valence-corrected chi connectivity index (χ0v) is 10.0. The van der Waals surface area contributed by atoms with E-state index < -0.39 is 0 Å². The normalized spacial score (nSPS) is 12.6. The molecule has 0 aliphatic carbocycles. The summed E-state index contributed by atoms with van der Waals surface area (Å²) < 4.78 is 0.995. The van der Waals surface area contributed by atoms with Gasteiger partial charge in [-0.25, -0.2) is 4.98 Å². The van der Waals surface area contributed by atoms with E-state index >= 15 is 0 Å². The molecule has 0 spiro atoms. The lowest BCUT2D eigenvalue weighted by Gasteiger charge is -2.20. The summed E-state index contributed by atoms with van der Waals surface area (Å²) in [5, 5.41) is 0.124. The van der Waals surface area contributed by atoms with Gasteiger partial charge in [0.1, 0.15) is 5.82 Å². The SMILES string of the molecule is CC(Cl)CN(C)c1ncccc1Br. The van der Waals surface area contributed by atoms with E-state index in [2.05, 4.69) is 20.9 Å². The average Bonchev–Trinajstić information content (AvgIpc) is 2.03. The van der Waals surface area contributed by atoms with Crippen LogP contribution < -0.4 is 4.90 Å². The summed E-state index contributed by atoms with van der Waals surface area (Å²) in [5.74, 6) is 0.926. The molecule has 1 aromatic rings. The van der Waals surface area contributed by atoms with Gasteiger partial charge < -0.3 is 4.90 Å². The van der Waals surface area contributed by atoms with Crippen molar-refractivity contribution in [2.24, 2.45) is 0 Å². The number of anilines is 1. The number of hydrogen-bond donors (Lipinski definition) is 0. The van der Waals surface area contributed by atoms with Gasteiger partial charge in [0.25, 0.3) is 0 Å². The van der Waals surface area contributed by atoms with Gasteiger partial charge >= 0.3 is 0 Å². The molecule has 1 heterocycles. The number of rotatable bonds is 3. The van der Waals surface area contributed by atoms with Crippen LogP contribution in [0.5, 0.6) is 0 Å². The van der Waals surface area contributed by atoms with Crippen LogP contribution in [0, 0.1) is 0 Å². The van der Waals surface area contributed by atoms with Crippen molar-refractivity contribution < 1.29 is 0 Å². The van der Waals surface area contributed by atoms with Gasteiger partial charge in [0.2, 0.25) is 0 Å². The molecule has 2 nitrogen and oxygen atoms in total. The quantitative estimate of drug-likeness (QED) is 0.780. The Balaban J connectivity index is 2.76. The molecule has 0 amide bonds. The summed E-state index contributed by atoms with van der Waals surface area (Å²) in [6, 6.07) is 3.86. The average molecular weight is 264 g/mol. The van der Waals surface area contributed by atoms with Crippen molar-refractivity contribution in [3.05, 3.63) is 22.8 Å². The van der Waals surface area contributed by atoms with Crippen LogP contribution in [0.3, 0.4) is 0 Å². The minimum Gasteiger partial charge on any atom is -0.357 e. The highest BCUT2D eigenvalue weighted by Gasteiger charge is 2.08. The van der Waals surface area contributed by atoms with Gasteiger partial charge in [0.05, 0.1) is 4.47 Å². The highest BCUT2D eigenvalue weighted by atomic mass is 79.9. The third kappa shape index (κ3) is 3.16. The molecule has 0 bridgehead atoms. The Morgan fingerprint density at radius 3 is 2.92 bits per heavy atom. The van der Waals surface area contributed by atoms with Crippen LogP contribution in [0.15, 0.2) is 22.8 Å². The Hall–Kier alpha value is -0.280. The summed E-state index contributed by atoms with van der Waals surface area (Å²) >= 11 is 9.33. The number of nitrogens with zero attached hydrogens (tertiary/aromatic N) is 2. The first kappa shape index (κ1) is 10.8. The van der Waals surface area contributed by atoms with Gasteiger partial charge in [-0.1, -0.05) is 0 Å². The van der Waals surface area contributed by atoms with Gasteiger partial charge in [-0.05, 0) is 35.0 Å². The molecule has 13 heavy (non-hydrogen) atoms. The van der Waals surface area contributed by atoms with Crippen molar-refractivity contribution in [3.8, 4) is 0 Å². The molecular formula is C9H12BrClN2. The summed E-state index contributed by atoms with van der Waals surface area (Å²) in [6.07, 6.45) is 1.77. The highest BCUT2D eigenvalue weighted by molar-refractivity contribution is 9.10. The van der Waals surface area contributed by atoms with Crippen LogP contribution in [-0.2, 0) is 0 Å². The molecule has 4 heteroatoms. The molecule has 1 aromatic heterocycles. The van der Waals surface area contributed by atoms with Gasteiger partial charge in [0, 0.05) is 25.2 Å². The van der Waals surface area contributed by atoms with Crippen molar-refractivity contribution in [1.82, 2.24) is 4.98 Å². The van der Waals surface area contributed by atoms with Gasteiger partial charge in [0.15, 0.2) is 0 Å². The number of alkyl halides is 1. The zero-order valence-electron chi connectivity index (χ0n) is 7.67. The summed E-state index contributed by atoms with van der Waals surface area (Å²) in [7, 11) is 1.98. The zero-order chi connectivity index (χ0) is 9.84. The van der Waals surface area contributed by atoms with E-state index in [0.717, 1.165) is 16.8 Å². The molecule has 1 unspecified atom stereocenters. The van der Waals surface area contributed by atoms with Crippen molar-refractivity contribution in [2.45, 2.75) is 12.3 Å². The second kappa shape index (κ2) is 4.82. The van der Waals surface area contributed by atoms with Crippen molar-refractivity contribution in [3.63, 3.8) is 0 Å². The lowest BCUT2D eigenvalue weighted by molar-refractivity contribution is 0.842. The van der Waals surface area contributed by atoms with E-state index in [9.17, 15) is 0 Å². The predicted octanol–water partition coefficient (Wildman–Crippen LogP) is 2.91. The fourth-order valence-corrected chi connectivity index (χ4v) is 1.89. The molecular weight excluding hydrogens is 251 g/mol. The van der Waals surface area contributed by atoms with Gasteiger partial charge in [-0.2, -0.15) is 0 Å². The molecule has 0 fully saturated rings. The van der Waals surface area contributed by atoms with Crippen LogP contribution >= 0.6 is 27.5 Å². The number of aromatic nitrogens is 1. The highest BCUT2D eigenvalue weighted by Crippen LogP contribution is 2.22. The second-order valence-electron chi connectivity index (χ2n) is 2.97. The number of halogens is 2. The third-order valence-electron chi connectivity index (χ3n) is 1.63. The summed E-state index contributed by atoms with van der Waals surface area (Å²) in [5.41, 5.74) is 0. The molecule has 72 valence electrons. The molecule has 0 N–H and O–H groups in total. The molecule has 0 radical (unpaired) electrons. The monoisotopic (exact) mass is 262 g/mol. The Labute approximate surface area is 92.0 Å². The Morgan fingerprint density at radius 2 is 2.38 bits per heavy atom. The molecule has 0 aliphatic heterocycles. The van der Waals surface area contributed by atoms with Crippen LogP contribution in [0.25, 0.3) is 0 Å². The van der Waals surface area contributed by atoms with Gasteiger partial charge in [-0.15, -0.1) is 11.6 Å². The van der Waals surface area contributed by atoms with Crippen LogP contribution in [-0.4, -0.2) is 24.0 Å². The molecule has 0 aromatic carbocycles. The van der Waals surface area contributed by atoms with Gasteiger partial charge in [-0.3, -0.25) is 0 Å². The van der Waals surface area contributed by atoms with Crippen LogP contribution in [0.2, 0.25) is 0 Å². The maximum Gasteiger partial charge on any atom is 0.142 e. The van der Waals surface area contributed by atoms with Crippen molar-refractivity contribution in [2.75, 3.05) is 18.5 Å². The Kier molecular flexibility index (Phi) is 4.00. The van der Waals surface area contributed by atoms with Crippen molar-refractivity contribution >= 4 is 33.3 Å². The predicted molar refractivity (Wildman–Crippen MR) is 60.5 cm³/mol. The van der Waals surface area contributed by atoms with E-state index in [1.165, 1.54) is 0 Å². The Bertz CT molecular complexity index is 278. The minimum absolute atomic E-state index is 0.124.